The van der Waals surface area contributed by atoms with Crippen molar-refractivity contribution < 1.29 is 4.39 Å². The molecule has 0 amide bonds. The zero-order valence-corrected chi connectivity index (χ0v) is 7.95. The van der Waals surface area contributed by atoms with Gasteiger partial charge in [-0.1, -0.05) is 0 Å². The lowest BCUT2D eigenvalue weighted by Crippen LogP contribution is -2.25. The molecule has 15 heavy (non-hydrogen) atoms. The van der Waals surface area contributed by atoms with Crippen LogP contribution in [0.15, 0.2) is 24.3 Å². The van der Waals surface area contributed by atoms with Crippen LogP contribution in [0.25, 0.3) is 11.3 Å². The third-order valence-corrected chi connectivity index (χ3v) is 2.18. The van der Waals surface area contributed by atoms with Crippen molar-refractivity contribution in [1.82, 2.24) is 9.89 Å². The van der Waals surface area contributed by atoms with Gasteiger partial charge in [-0.15, -0.1) is 0 Å². The zero-order valence-electron chi connectivity index (χ0n) is 7.95. The molecule has 0 fully saturated rings. The first kappa shape index (κ1) is 9.51. The van der Waals surface area contributed by atoms with Crippen LogP contribution in [0, 0.1) is 23.2 Å². The topological polar surface area (TPSA) is 64.9 Å². The number of aromatic amines is 1. The van der Waals surface area contributed by atoms with E-state index in [1.165, 1.54) is 6.07 Å². The molecular formula is C10H8FN2O2-. The fourth-order valence-corrected chi connectivity index (χ4v) is 1.51. The number of hydrogen-bond donors (Lipinski definition) is 1. The molecule has 4 nitrogen and oxygen atoms in total. The minimum atomic E-state index is -0.815. The molecule has 0 aromatic carbocycles. The molecule has 2 aliphatic rings. The summed E-state index contributed by atoms with van der Waals surface area (Å²) < 4.78 is 13.2. The number of fused-ring (bicyclic) bond motifs is 1. The summed E-state index contributed by atoms with van der Waals surface area (Å²) in [6.07, 6.45) is 0. The maximum atomic E-state index is 13.2. The molecule has 1 aliphatic heterocycles. The maximum absolute atomic E-state index is 13.2. The zero-order chi connectivity index (χ0) is 11.0. The third-order valence-electron chi connectivity index (χ3n) is 2.18. The molecule has 0 spiro atoms. The summed E-state index contributed by atoms with van der Waals surface area (Å²) in [6.45, 7) is 1.83. The van der Waals surface area contributed by atoms with Crippen molar-refractivity contribution in [2.45, 2.75) is 6.92 Å². The molecule has 0 aromatic rings. The van der Waals surface area contributed by atoms with Crippen molar-refractivity contribution >= 4 is 0 Å². The number of H-pyrrole nitrogens is 1. The lowest BCUT2D eigenvalue weighted by Gasteiger charge is -2.09. The Bertz CT molecular complexity index is 544. The van der Waals surface area contributed by atoms with E-state index >= 15 is 0 Å². The predicted molar refractivity (Wildman–Crippen MR) is 54.1 cm³/mol. The molecule has 0 saturated heterocycles. The first-order chi connectivity index (χ1) is 7.09. The van der Waals surface area contributed by atoms with Gasteiger partial charge in [0.1, 0.15) is 0 Å². The van der Waals surface area contributed by atoms with E-state index in [1.54, 1.807) is 12.1 Å². The molecule has 0 radical (unpaired) electrons. The van der Waals surface area contributed by atoms with Gasteiger partial charge in [-0.3, -0.25) is 0 Å². The summed E-state index contributed by atoms with van der Waals surface area (Å²) in [6, 6.07) is 5.80. The fraction of sp³-hybridized carbons (Fsp3) is 0.100. The van der Waals surface area contributed by atoms with Gasteiger partial charge < -0.3 is 15.4 Å². The predicted octanol–water partition coefficient (Wildman–Crippen LogP) is 1.33. The highest BCUT2D eigenvalue weighted by molar-refractivity contribution is 5.60. The van der Waals surface area contributed by atoms with Crippen LogP contribution in [-0.4, -0.2) is 4.98 Å². The Morgan fingerprint density at radius 2 is 1.93 bits per heavy atom. The monoisotopic (exact) mass is 207 g/mol. The molecule has 0 unspecified atom stereocenters. The second-order valence-corrected chi connectivity index (χ2v) is 3.26. The van der Waals surface area contributed by atoms with Crippen molar-refractivity contribution in [3.63, 3.8) is 0 Å². The van der Waals surface area contributed by atoms with Crippen LogP contribution < -0.4 is 10.3 Å². The molecule has 5 heteroatoms. The van der Waals surface area contributed by atoms with Gasteiger partial charge in [-0.2, -0.15) is 9.29 Å². The molecule has 0 bridgehead atoms. The first-order valence-corrected chi connectivity index (χ1v) is 4.35. The van der Waals surface area contributed by atoms with Crippen LogP contribution in [0.5, 0.6) is 0 Å². The Kier molecular flexibility index (Phi) is 2.07. The average molecular weight is 207 g/mol. The van der Waals surface area contributed by atoms with E-state index in [1.807, 2.05) is 6.92 Å². The number of aromatic nitrogens is 1. The van der Waals surface area contributed by atoms with Crippen LogP contribution >= 0.6 is 0 Å². The van der Waals surface area contributed by atoms with Crippen molar-refractivity contribution in [3.8, 4) is 11.3 Å². The summed E-state index contributed by atoms with van der Waals surface area (Å²) in [7, 11) is 0. The van der Waals surface area contributed by atoms with Gasteiger partial charge in [0, 0.05) is 5.69 Å². The van der Waals surface area contributed by atoms with E-state index < -0.39 is 16.1 Å². The van der Waals surface area contributed by atoms with Gasteiger partial charge in [0.15, 0.2) is 5.82 Å². The summed E-state index contributed by atoms with van der Waals surface area (Å²) in [4.78, 5) is 2.23. The number of hydrogen-bond acceptors (Lipinski definition) is 2. The highest BCUT2D eigenvalue weighted by atomic mass is 19.1. The number of pyridine rings is 1. The highest BCUT2D eigenvalue weighted by Crippen LogP contribution is 2.15. The largest absolute Gasteiger partial charge is 0.612 e. The Balaban J connectivity index is 2.94. The number of nitrogens with zero attached hydrogens (tertiary/aromatic N) is 1. The van der Waals surface area contributed by atoms with Gasteiger partial charge >= 0.3 is 0 Å². The Morgan fingerprint density at radius 3 is 2.60 bits per heavy atom. The SMILES string of the molecule is Cc1ccc2c(=[N+]([O-])[O-])c(F)ccc-2[nH]1. The summed E-state index contributed by atoms with van der Waals surface area (Å²) in [5.41, 5.74) is 1.71. The molecule has 1 aliphatic carbocycles. The van der Waals surface area contributed by atoms with Crippen LogP contribution in [0.1, 0.15) is 5.69 Å². The van der Waals surface area contributed by atoms with E-state index in [9.17, 15) is 14.8 Å². The molecule has 78 valence electrons. The quantitative estimate of drug-likeness (QED) is 0.662. The number of nitrogens with one attached hydrogen (secondary N) is 1. The van der Waals surface area contributed by atoms with E-state index in [4.69, 9.17) is 0 Å². The van der Waals surface area contributed by atoms with Gasteiger partial charge in [-0.05, 0) is 31.2 Å². The van der Waals surface area contributed by atoms with Gasteiger partial charge in [0.25, 0.3) is 5.36 Å². The summed E-state index contributed by atoms with van der Waals surface area (Å²) in [5, 5.41) is 20.9. The standard InChI is InChI=1S/C10H8FN2O2/c1-6-2-3-7-9(12-6)5-4-8(11)10(7)13(14)15/h2-5,12H,1H3/q-1. The fourth-order valence-electron chi connectivity index (χ4n) is 1.51. The lowest BCUT2D eigenvalue weighted by molar-refractivity contribution is 0.602. The Hall–Kier alpha value is -2.04. The maximum Gasteiger partial charge on any atom is 0.268 e. The van der Waals surface area contributed by atoms with Crippen molar-refractivity contribution in [1.29, 1.82) is 0 Å². The second-order valence-electron chi connectivity index (χ2n) is 3.26. The van der Waals surface area contributed by atoms with Gasteiger partial charge in [0.05, 0.1) is 11.3 Å². The number of aryl methyl sites for hydroxylation is 1. The Morgan fingerprint density at radius 1 is 1.20 bits per heavy atom. The van der Waals surface area contributed by atoms with Gasteiger partial charge in [-0.25, -0.2) is 0 Å². The normalized spacial score (nSPS) is 10.5. The van der Waals surface area contributed by atoms with E-state index in [0.717, 1.165) is 11.8 Å². The van der Waals surface area contributed by atoms with Crippen LogP contribution in [0.3, 0.4) is 0 Å². The Labute approximate surface area is 84.8 Å². The molecule has 0 aromatic heterocycles. The van der Waals surface area contributed by atoms with Crippen LogP contribution in [0.4, 0.5) is 4.39 Å². The number of halogens is 1. The van der Waals surface area contributed by atoms with Crippen LogP contribution in [0.2, 0.25) is 0 Å². The van der Waals surface area contributed by atoms with Crippen molar-refractivity contribution in [2.75, 3.05) is 0 Å². The molecule has 1 heterocycles. The molecule has 1 N–H and O–H groups in total. The van der Waals surface area contributed by atoms with E-state index in [2.05, 4.69) is 4.98 Å². The summed E-state index contributed by atoms with van der Waals surface area (Å²) >= 11 is 0. The third kappa shape index (κ3) is 1.52. The molecule has 2 rings (SSSR count). The molecule has 0 atom stereocenters. The minimum Gasteiger partial charge on any atom is -0.612 e. The highest BCUT2D eigenvalue weighted by Gasteiger charge is 2.12. The number of benzene rings is 1. The van der Waals surface area contributed by atoms with Crippen LogP contribution in [-0.2, 0) is 0 Å². The molecular weight excluding hydrogens is 199 g/mol. The first-order valence-electron chi connectivity index (χ1n) is 4.35. The second kappa shape index (κ2) is 3.27. The van der Waals surface area contributed by atoms with Crippen molar-refractivity contribution in [3.05, 3.63) is 51.5 Å². The average Bonchev–Trinajstić information content (AvgIpc) is 2.17. The van der Waals surface area contributed by atoms with Gasteiger partial charge in [0.2, 0.25) is 0 Å². The number of rotatable bonds is 0. The van der Waals surface area contributed by atoms with E-state index in [-0.39, 0.29) is 5.56 Å². The molecule has 0 saturated carbocycles. The smallest absolute Gasteiger partial charge is 0.268 e. The summed E-state index contributed by atoms with van der Waals surface area (Å²) in [5.74, 6) is -0.815. The van der Waals surface area contributed by atoms with Crippen molar-refractivity contribution in [2.24, 2.45) is 0 Å². The van der Waals surface area contributed by atoms with E-state index in [0.29, 0.717) is 5.69 Å². The lowest BCUT2D eigenvalue weighted by atomic mass is 10.1. The minimum absolute atomic E-state index is 0.283.